The van der Waals surface area contributed by atoms with Crippen molar-refractivity contribution in [2.45, 2.75) is 33.8 Å². The molecule has 2 N–H and O–H groups in total. The molecule has 0 amide bonds. The molecule has 0 aliphatic heterocycles. The van der Waals surface area contributed by atoms with Crippen LogP contribution in [0.25, 0.3) is 0 Å². The second-order valence-corrected chi connectivity index (χ2v) is 4.95. The van der Waals surface area contributed by atoms with Crippen molar-refractivity contribution in [3.63, 3.8) is 0 Å². The largest absolute Gasteiger partial charge is 0.384 e. The molecular formula is C14H23N5O. The number of nitriles is 1. The van der Waals surface area contributed by atoms with Gasteiger partial charge in [-0.25, -0.2) is 9.97 Å². The van der Waals surface area contributed by atoms with E-state index in [9.17, 15) is 0 Å². The lowest BCUT2D eigenvalue weighted by molar-refractivity contribution is 0.128. The Morgan fingerprint density at radius 3 is 2.80 bits per heavy atom. The van der Waals surface area contributed by atoms with Crippen LogP contribution in [-0.4, -0.2) is 29.7 Å². The Kier molecular flexibility index (Phi) is 6.74. The molecule has 0 saturated carbocycles. The van der Waals surface area contributed by atoms with Gasteiger partial charge in [-0.3, -0.25) is 0 Å². The molecule has 0 bridgehead atoms. The average molecular weight is 277 g/mol. The van der Waals surface area contributed by atoms with Gasteiger partial charge in [0.2, 0.25) is 0 Å². The highest BCUT2D eigenvalue weighted by atomic mass is 16.5. The minimum Gasteiger partial charge on any atom is -0.384 e. The zero-order chi connectivity index (χ0) is 15.0. The van der Waals surface area contributed by atoms with Crippen molar-refractivity contribution in [2.24, 2.45) is 5.92 Å². The summed E-state index contributed by atoms with van der Waals surface area (Å²) in [5, 5.41) is 8.77. The lowest BCUT2D eigenvalue weighted by Crippen LogP contribution is -2.30. The van der Waals surface area contributed by atoms with Gasteiger partial charge in [0.15, 0.2) is 5.82 Å². The molecule has 0 atom stereocenters. The fourth-order valence-electron chi connectivity index (χ4n) is 1.85. The summed E-state index contributed by atoms with van der Waals surface area (Å²) in [7, 11) is 0. The highest BCUT2D eigenvalue weighted by molar-refractivity contribution is 5.47. The number of nitrogens with zero attached hydrogens (tertiary/aromatic N) is 4. The molecule has 1 rings (SSSR count). The van der Waals surface area contributed by atoms with Crippen LogP contribution in [0.3, 0.4) is 0 Å². The van der Waals surface area contributed by atoms with E-state index in [4.69, 9.17) is 15.7 Å². The molecule has 0 unspecified atom stereocenters. The summed E-state index contributed by atoms with van der Waals surface area (Å²) < 4.78 is 5.32. The average Bonchev–Trinajstić information content (AvgIpc) is 2.40. The maximum absolute atomic E-state index is 8.77. The molecule has 0 radical (unpaired) electrons. The molecule has 0 aliphatic carbocycles. The third kappa shape index (κ3) is 5.41. The maximum atomic E-state index is 8.77. The zero-order valence-corrected chi connectivity index (χ0v) is 12.5. The number of ether oxygens (including phenoxy) is 1. The fourth-order valence-corrected chi connectivity index (χ4v) is 1.85. The number of nitrogens with two attached hydrogens (primary N) is 1. The Morgan fingerprint density at radius 1 is 1.45 bits per heavy atom. The number of rotatable bonds is 8. The van der Waals surface area contributed by atoms with Crippen LogP contribution < -0.4 is 10.6 Å². The number of nitrogen functional groups attached to an aromatic ring is 1. The van der Waals surface area contributed by atoms with E-state index in [1.807, 2.05) is 6.92 Å². The molecule has 0 saturated heterocycles. The SMILES string of the molecule is CCOCc1nc(N)cc(N(CCC#N)CC(C)C)n1. The van der Waals surface area contributed by atoms with Gasteiger partial charge < -0.3 is 15.4 Å². The molecule has 6 heteroatoms. The van der Waals surface area contributed by atoms with E-state index in [2.05, 4.69) is 34.8 Å². The molecule has 0 fully saturated rings. The van der Waals surface area contributed by atoms with Gasteiger partial charge in [0.25, 0.3) is 0 Å². The first kappa shape index (κ1) is 16.2. The number of aromatic nitrogens is 2. The van der Waals surface area contributed by atoms with Gasteiger partial charge in [-0.1, -0.05) is 13.8 Å². The first-order valence-electron chi connectivity index (χ1n) is 6.89. The van der Waals surface area contributed by atoms with E-state index >= 15 is 0 Å². The molecule has 1 aromatic rings. The highest BCUT2D eigenvalue weighted by Crippen LogP contribution is 2.16. The Balaban J connectivity index is 2.93. The van der Waals surface area contributed by atoms with Crippen molar-refractivity contribution in [2.75, 3.05) is 30.3 Å². The van der Waals surface area contributed by atoms with Crippen molar-refractivity contribution in [1.82, 2.24) is 9.97 Å². The van der Waals surface area contributed by atoms with E-state index in [1.165, 1.54) is 0 Å². The van der Waals surface area contributed by atoms with Gasteiger partial charge in [-0.05, 0) is 12.8 Å². The van der Waals surface area contributed by atoms with Crippen LogP contribution >= 0.6 is 0 Å². The second-order valence-electron chi connectivity index (χ2n) is 4.95. The standard InChI is InChI=1S/C14H23N5O/c1-4-20-10-13-17-12(16)8-14(18-13)19(7-5-6-15)9-11(2)3/h8,11H,4-5,7,9-10H2,1-3H3,(H2,16,17,18). The molecule has 20 heavy (non-hydrogen) atoms. The van der Waals surface area contributed by atoms with E-state index in [0.717, 1.165) is 12.4 Å². The van der Waals surface area contributed by atoms with E-state index in [1.54, 1.807) is 6.07 Å². The topological polar surface area (TPSA) is 88.1 Å². The molecular weight excluding hydrogens is 254 g/mol. The first-order chi connectivity index (χ1) is 9.56. The quantitative estimate of drug-likeness (QED) is 0.781. The third-order valence-corrected chi connectivity index (χ3v) is 2.62. The van der Waals surface area contributed by atoms with Crippen molar-refractivity contribution in [1.29, 1.82) is 5.26 Å². The smallest absolute Gasteiger partial charge is 0.158 e. The third-order valence-electron chi connectivity index (χ3n) is 2.62. The van der Waals surface area contributed by atoms with Gasteiger partial charge in [0.1, 0.15) is 18.2 Å². The van der Waals surface area contributed by atoms with E-state index in [-0.39, 0.29) is 0 Å². The van der Waals surface area contributed by atoms with Crippen LogP contribution in [0.4, 0.5) is 11.6 Å². The first-order valence-corrected chi connectivity index (χ1v) is 6.89. The summed E-state index contributed by atoms with van der Waals surface area (Å²) in [6.45, 7) is 8.60. The van der Waals surface area contributed by atoms with Crippen molar-refractivity contribution in [3.05, 3.63) is 11.9 Å². The fraction of sp³-hybridized carbons (Fsp3) is 0.643. The second kappa shape index (κ2) is 8.33. The molecule has 1 heterocycles. The van der Waals surface area contributed by atoms with E-state index in [0.29, 0.717) is 43.7 Å². The van der Waals surface area contributed by atoms with Crippen LogP contribution in [0, 0.1) is 17.2 Å². The summed E-state index contributed by atoms with van der Waals surface area (Å²) in [6, 6.07) is 3.91. The summed E-state index contributed by atoms with van der Waals surface area (Å²) in [5.41, 5.74) is 5.83. The van der Waals surface area contributed by atoms with Crippen molar-refractivity contribution < 1.29 is 4.74 Å². The van der Waals surface area contributed by atoms with Crippen molar-refractivity contribution in [3.8, 4) is 6.07 Å². The normalized spacial score (nSPS) is 10.6. The molecule has 6 nitrogen and oxygen atoms in total. The molecule has 1 aromatic heterocycles. The van der Waals surface area contributed by atoms with Gasteiger partial charge in [-0.2, -0.15) is 5.26 Å². The Labute approximate surface area is 120 Å². The van der Waals surface area contributed by atoms with Crippen LogP contribution in [-0.2, 0) is 11.3 Å². The van der Waals surface area contributed by atoms with Crippen LogP contribution in [0.2, 0.25) is 0 Å². The number of anilines is 2. The predicted molar refractivity (Wildman–Crippen MR) is 79.1 cm³/mol. The van der Waals surface area contributed by atoms with Gasteiger partial charge in [-0.15, -0.1) is 0 Å². The molecule has 110 valence electrons. The van der Waals surface area contributed by atoms with Gasteiger partial charge >= 0.3 is 0 Å². The van der Waals surface area contributed by atoms with Gasteiger partial charge in [0, 0.05) is 25.8 Å². The predicted octanol–water partition coefficient (Wildman–Crippen LogP) is 1.97. The lowest BCUT2D eigenvalue weighted by atomic mass is 10.2. The summed E-state index contributed by atoms with van der Waals surface area (Å²) >= 11 is 0. The minimum atomic E-state index is 0.350. The zero-order valence-electron chi connectivity index (χ0n) is 12.5. The van der Waals surface area contributed by atoms with Gasteiger partial charge in [0.05, 0.1) is 12.5 Å². The van der Waals surface area contributed by atoms with Crippen LogP contribution in [0.1, 0.15) is 33.0 Å². The highest BCUT2D eigenvalue weighted by Gasteiger charge is 2.12. The minimum absolute atomic E-state index is 0.350. The number of hydrogen-bond acceptors (Lipinski definition) is 6. The number of hydrogen-bond donors (Lipinski definition) is 1. The summed E-state index contributed by atoms with van der Waals surface area (Å²) in [4.78, 5) is 10.7. The summed E-state index contributed by atoms with van der Waals surface area (Å²) in [6.07, 6.45) is 0.456. The molecule has 0 aromatic carbocycles. The van der Waals surface area contributed by atoms with Crippen molar-refractivity contribution >= 4 is 11.6 Å². The Morgan fingerprint density at radius 2 is 2.20 bits per heavy atom. The maximum Gasteiger partial charge on any atom is 0.158 e. The van der Waals surface area contributed by atoms with Crippen LogP contribution in [0.5, 0.6) is 0 Å². The van der Waals surface area contributed by atoms with Crippen LogP contribution in [0.15, 0.2) is 6.07 Å². The lowest BCUT2D eigenvalue weighted by Gasteiger charge is -2.25. The molecule has 0 aliphatic rings. The summed E-state index contributed by atoms with van der Waals surface area (Å²) in [5.74, 6) is 2.24. The molecule has 0 spiro atoms. The Bertz CT molecular complexity index is 455. The van der Waals surface area contributed by atoms with E-state index < -0.39 is 0 Å². The Hall–Kier alpha value is -1.87. The monoisotopic (exact) mass is 277 g/mol.